The molecule has 1 aromatic rings. The average molecular weight is 314 g/mol. The normalized spacial score (nSPS) is 20.6. The van der Waals surface area contributed by atoms with E-state index in [9.17, 15) is 9.59 Å². The first-order valence-corrected chi connectivity index (χ1v) is 8.08. The summed E-state index contributed by atoms with van der Waals surface area (Å²) in [6.07, 6.45) is 6.19. The zero-order chi connectivity index (χ0) is 16.2. The lowest BCUT2D eigenvalue weighted by Crippen LogP contribution is -2.37. The monoisotopic (exact) mass is 314 g/mol. The van der Waals surface area contributed by atoms with Gasteiger partial charge in [0.05, 0.1) is 18.8 Å². The number of anilines is 1. The molecule has 3 rings (SSSR count). The summed E-state index contributed by atoms with van der Waals surface area (Å²) in [7, 11) is 1.59. The van der Waals surface area contributed by atoms with Crippen LogP contribution >= 0.6 is 0 Å². The molecule has 5 heteroatoms. The van der Waals surface area contributed by atoms with Crippen LogP contribution in [0.25, 0.3) is 0 Å². The highest BCUT2D eigenvalue weighted by Crippen LogP contribution is 2.31. The number of amides is 2. The lowest BCUT2D eigenvalue weighted by Gasteiger charge is -2.19. The number of rotatable bonds is 5. The average Bonchev–Trinajstić information content (AvgIpc) is 3.17. The summed E-state index contributed by atoms with van der Waals surface area (Å²) in [4.78, 5) is 26.1. The number of methoxy groups -OCH3 is 1. The first-order valence-electron chi connectivity index (χ1n) is 8.08. The predicted molar refractivity (Wildman–Crippen MR) is 88.4 cm³/mol. The SMILES string of the molecule is COc1ccccc1N1CC(NC(=O)CC2=CCCC2)CC1=O. The molecule has 1 aromatic carbocycles. The molecule has 0 bridgehead atoms. The summed E-state index contributed by atoms with van der Waals surface area (Å²) in [6.45, 7) is 0.490. The van der Waals surface area contributed by atoms with Gasteiger partial charge in [0.1, 0.15) is 5.75 Å². The Morgan fingerprint density at radius 1 is 1.39 bits per heavy atom. The lowest BCUT2D eigenvalue weighted by atomic mass is 10.1. The first-order chi connectivity index (χ1) is 11.2. The van der Waals surface area contributed by atoms with Crippen molar-refractivity contribution in [3.05, 3.63) is 35.9 Å². The number of nitrogens with one attached hydrogen (secondary N) is 1. The van der Waals surface area contributed by atoms with E-state index in [0.29, 0.717) is 25.1 Å². The zero-order valence-corrected chi connectivity index (χ0v) is 13.4. The van der Waals surface area contributed by atoms with Gasteiger partial charge in [-0.3, -0.25) is 9.59 Å². The van der Waals surface area contributed by atoms with Crippen LogP contribution in [0.1, 0.15) is 32.1 Å². The Morgan fingerprint density at radius 2 is 2.22 bits per heavy atom. The van der Waals surface area contributed by atoms with E-state index in [4.69, 9.17) is 4.74 Å². The molecule has 1 N–H and O–H groups in total. The minimum Gasteiger partial charge on any atom is -0.495 e. The van der Waals surface area contributed by atoms with Gasteiger partial charge in [0.15, 0.2) is 0 Å². The van der Waals surface area contributed by atoms with E-state index in [2.05, 4.69) is 11.4 Å². The minimum atomic E-state index is -0.137. The Morgan fingerprint density at radius 3 is 2.96 bits per heavy atom. The van der Waals surface area contributed by atoms with Gasteiger partial charge in [0, 0.05) is 19.4 Å². The van der Waals surface area contributed by atoms with Crippen molar-refractivity contribution < 1.29 is 14.3 Å². The maximum atomic E-state index is 12.3. The summed E-state index contributed by atoms with van der Waals surface area (Å²) in [6, 6.07) is 7.31. The van der Waals surface area contributed by atoms with Crippen molar-refractivity contribution in [2.75, 3.05) is 18.6 Å². The van der Waals surface area contributed by atoms with E-state index in [1.807, 2.05) is 24.3 Å². The topological polar surface area (TPSA) is 58.6 Å². The van der Waals surface area contributed by atoms with Gasteiger partial charge in [-0.25, -0.2) is 0 Å². The number of carbonyl (C=O) groups excluding carboxylic acids is 2. The molecule has 0 radical (unpaired) electrons. The van der Waals surface area contributed by atoms with Gasteiger partial charge in [-0.15, -0.1) is 0 Å². The van der Waals surface area contributed by atoms with Crippen molar-refractivity contribution in [2.24, 2.45) is 0 Å². The standard InChI is InChI=1S/C18H22N2O3/c1-23-16-9-5-4-8-15(16)20-12-14(11-18(20)22)19-17(21)10-13-6-2-3-7-13/h4-6,8-9,14H,2-3,7,10-12H2,1H3,(H,19,21). The van der Waals surface area contributed by atoms with Crippen LogP contribution in [-0.2, 0) is 9.59 Å². The van der Waals surface area contributed by atoms with Crippen LogP contribution in [-0.4, -0.2) is 31.5 Å². The summed E-state index contributed by atoms with van der Waals surface area (Å²) in [5, 5.41) is 2.99. The largest absolute Gasteiger partial charge is 0.495 e. The lowest BCUT2D eigenvalue weighted by molar-refractivity contribution is -0.121. The fourth-order valence-corrected chi connectivity index (χ4v) is 3.27. The molecule has 1 unspecified atom stereocenters. The van der Waals surface area contributed by atoms with Crippen molar-refractivity contribution in [1.29, 1.82) is 0 Å². The molecular weight excluding hydrogens is 292 g/mol. The molecule has 1 aliphatic heterocycles. The summed E-state index contributed by atoms with van der Waals surface area (Å²) >= 11 is 0. The number of hydrogen-bond donors (Lipinski definition) is 1. The highest BCUT2D eigenvalue weighted by Gasteiger charge is 2.33. The zero-order valence-electron chi connectivity index (χ0n) is 13.4. The fraction of sp³-hybridized carbons (Fsp3) is 0.444. The Kier molecular flexibility index (Phi) is 4.65. The number of carbonyl (C=O) groups is 2. The van der Waals surface area contributed by atoms with E-state index in [1.165, 1.54) is 5.57 Å². The quantitative estimate of drug-likeness (QED) is 0.849. The molecule has 122 valence electrons. The molecule has 2 amide bonds. The molecule has 1 fully saturated rings. The van der Waals surface area contributed by atoms with Gasteiger partial charge in [-0.1, -0.05) is 23.8 Å². The van der Waals surface area contributed by atoms with Crippen LogP contribution in [0.5, 0.6) is 5.75 Å². The number of allylic oxidation sites excluding steroid dienone is 1. The Balaban J connectivity index is 1.62. The summed E-state index contributed by atoms with van der Waals surface area (Å²) in [5.74, 6) is 0.696. The number of benzene rings is 1. The van der Waals surface area contributed by atoms with Crippen LogP contribution in [0, 0.1) is 0 Å². The molecule has 1 heterocycles. The maximum Gasteiger partial charge on any atom is 0.229 e. The maximum absolute atomic E-state index is 12.3. The Labute approximate surface area is 136 Å². The van der Waals surface area contributed by atoms with E-state index in [1.54, 1.807) is 12.0 Å². The molecular formula is C18H22N2O3. The van der Waals surface area contributed by atoms with Crippen molar-refractivity contribution in [2.45, 2.75) is 38.1 Å². The highest BCUT2D eigenvalue weighted by atomic mass is 16.5. The third-order valence-corrected chi connectivity index (χ3v) is 4.39. The second-order valence-corrected chi connectivity index (χ2v) is 6.08. The van der Waals surface area contributed by atoms with E-state index < -0.39 is 0 Å². The first kappa shape index (κ1) is 15.6. The van der Waals surface area contributed by atoms with Gasteiger partial charge in [-0.05, 0) is 31.4 Å². The molecule has 0 saturated carbocycles. The Bertz CT molecular complexity index is 639. The number of hydrogen-bond acceptors (Lipinski definition) is 3. The molecule has 1 saturated heterocycles. The Hall–Kier alpha value is -2.30. The summed E-state index contributed by atoms with van der Waals surface area (Å²) < 4.78 is 5.32. The molecule has 2 aliphatic rings. The molecule has 23 heavy (non-hydrogen) atoms. The van der Waals surface area contributed by atoms with Crippen molar-refractivity contribution >= 4 is 17.5 Å². The van der Waals surface area contributed by atoms with Gasteiger partial charge >= 0.3 is 0 Å². The van der Waals surface area contributed by atoms with E-state index in [-0.39, 0.29) is 17.9 Å². The van der Waals surface area contributed by atoms with E-state index >= 15 is 0 Å². The third kappa shape index (κ3) is 3.55. The van der Waals surface area contributed by atoms with Gasteiger partial charge in [-0.2, -0.15) is 0 Å². The van der Waals surface area contributed by atoms with Gasteiger partial charge < -0.3 is 15.0 Å². The molecule has 1 atom stereocenters. The van der Waals surface area contributed by atoms with Gasteiger partial charge in [0.25, 0.3) is 0 Å². The second kappa shape index (κ2) is 6.86. The van der Waals surface area contributed by atoms with Crippen molar-refractivity contribution in [3.8, 4) is 5.75 Å². The van der Waals surface area contributed by atoms with Crippen molar-refractivity contribution in [3.63, 3.8) is 0 Å². The number of para-hydroxylation sites is 2. The second-order valence-electron chi connectivity index (χ2n) is 6.08. The number of ether oxygens (including phenoxy) is 1. The van der Waals surface area contributed by atoms with Crippen molar-refractivity contribution in [1.82, 2.24) is 5.32 Å². The highest BCUT2D eigenvalue weighted by molar-refractivity contribution is 5.98. The smallest absolute Gasteiger partial charge is 0.229 e. The molecule has 0 aromatic heterocycles. The van der Waals surface area contributed by atoms with Crippen LogP contribution < -0.4 is 15.0 Å². The third-order valence-electron chi connectivity index (χ3n) is 4.39. The van der Waals surface area contributed by atoms with Gasteiger partial charge in [0.2, 0.25) is 11.8 Å². The number of nitrogens with zero attached hydrogens (tertiary/aromatic N) is 1. The molecule has 5 nitrogen and oxygen atoms in total. The van der Waals surface area contributed by atoms with Crippen LogP contribution in [0.2, 0.25) is 0 Å². The van der Waals surface area contributed by atoms with Crippen LogP contribution in [0.4, 0.5) is 5.69 Å². The minimum absolute atomic E-state index is 0.0119. The summed E-state index contributed by atoms with van der Waals surface area (Å²) in [5.41, 5.74) is 1.98. The van der Waals surface area contributed by atoms with Crippen LogP contribution in [0.15, 0.2) is 35.9 Å². The van der Waals surface area contributed by atoms with E-state index in [0.717, 1.165) is 24.9 Å². The fourth-order valence-electron chi connectivity index (χ4n) is 3.27. The molecule has 1 aliphatic carbocycles. The molecule has 0 spiro atoms. The predicted octanol–water partition coefficient (Wildman–Crippen LogP) is 2.42. The van der Waals surface area contributed by atoms with Crippen LogP contribution in [0.3, 0.4) is 0 Å².